The number of morpholine rings is 1. The van der Waals surface area contributed by atoms with Gasteiger partial charge in [0.1, 0.15) is 0 Å². The maximum atomic E-state index is 12.4. The molecule has 0 spiro atoms. The van der Waals surface area contributed by atoms with Crippen molar-refractivity contribution >= 4 is 57.1 Å². The van der Waals surface area contributed by atoms with Crippen molar-refractivity contribution < 1.29 is 14.5 Å². The van der Waals surface area contributed by atoms with Crippen LogP contribution in [0.1, 0.15) is 6.92 Å². The lowest BCUT2D eigenvalue weighted by molar-refractivity contribution is -0.384. The van der Waals surface area contributed by atoms with Crippen LogP contribution in [0.15, 0.2) is 22.5 Å². The number of hydrogen-bond donors (Lipinski definition) is 1. The molecule has 1 saturated heterocycles. The quantitative estimate of drug-likeness (QED) is 0.423. The Kier molecular flexibility index (Phi) is 6.47. The number of nitrogens with one attached hydrogen (secondary N) is 1. The van der Waals surface area contributed by atoms with Gasteiger partial charge in [0.25, 0.3) is 5.69 Å². The van der Waals surface area contributed by atoms with Crippen LogP contribution >= 0.6 is 34.7 Å². The van der Waals surface area contributed by atoms with Crippen LogP contribution in [0.3, 0.4) is 0 Å². The number of nitro benzene ring substituents is 1. The Morgan fingerprint density at radius 1 is 1.44 bits per heavy atom. The summed E-state index contributed by atoms with van der Waals surface area (Å²) in [6.45, 7) is 4.57. The van der Waals surface area contributed by atoms with Crippen LogP contribution in [0.25, 0.3) is 0 Å². The minimum absolute atomic E-state index is 0.144. The van der Waals surface area contributed by atoms with Gasteiger partial charge in [-0.3, -0.25) is 14.9 Å². The highest BCUT2D eigenvalue weighted by Crippen LogP contribution is 2.32. The summed E-state index contributed by atoms with van der Waals surface area (Å²) >= 11 is 8.71. The molecule has 1 unspecified atom stereocenters. The first-order valence-electron chi connectivity index (χ1n) is 8.01. The Hall–Kier alpha value is -1.95. The first kappa shape index (κ1) is 19.8. The third-order valence-corrected chi connectivity index (χ3v) is 6.24. The Labute approximate surface area is 168 Å². The highest BCUT2D eigenvalue weighted by atomic mass is 35.5. The van der Waals surface area contributed by atoms with Crippen LogP contribution in [0.4, 0.5) is 16.5 Å². The van der Waals surface area contributed by atoms with E-state index in [0.717, 1.165) is 18.2 Å². The van der Waals surface area contributed by atoms with Crippen molar-refractivity contribution in [3.05, 3.63) is 33.3 Å². The lowest BCUT2D eigenvalue weighted by atomic mass is 10.2. The Bertz CT molecular complexity index is 843. The van der Waals surface area contributed by atoms with Gasteiger partial charge in [-0.1, -0.05) is 34.7 Å². The average molecular weight is 430 g/mol. The lowest BCUT2D eigenvalue weighted by Gasteiger charge is -2.25. The van der Waals surface area contributed by atoms with Crippen molar-refractivity contribution in [2.75, 3.05) is 36.5 Å². The van der Waals surface area contributed by atoms with E-state index in [0.29, 0.717) is 17.6 Å². The summed E-state index contributed by atoms with van der Waals surface area (Å²) in [6.07, 6.45) is 0. The smallest absolute Gasteiger partial charge is 0.271 e. The number of nitro groups is 1. The summed E-state index contributed by atoms with van der Waals surface area (Å²) in [6, 6.07) is 3.90. The van der Waals surface area contributed by atoms with Crippen molar-refractivity contribution in [1.29, 1.82) is 0 Å². The van der Waals surface area contributed by atoms with E-state index in [1.165, 1.54) is 41.3 Å². The van der Waals surface area contributed by atoms with Crippen molar-refractivity contribution in [3.63, 3.8) is 0 Å². The summed E-state index contributed by atoms with van der Waals surface area (Å²) in [4.78, 5) is 24.9. The second-order valence-corrected chi connectivity index (χ2v) is 8.57. The molecule has 12 heteroatoms. The minimum atomic E-state index is -0.543. The molecule has 0 saturated carbocycles. The van der Waals surface area contributed by atoms with Gasteiger partial charge in [-0.05, 0) is 13.0 Å². The molecule has 9 nitrogen and oxygen atoms in total. The number of halogens is 1. The number of thioether (sulfide) groups is 1. The zero-order valence-electron chi connectivity index (χ0n) is 14.3. The van der Waals surface area contributed by atoms with Crippen LogP contribution in [0.2, 0.25) is 5.02 Å². The fraction of sp³-hybridized carbons (Fsp3) is 0.400. The molecule has 27 heavy (non-hydrogen) atoms. The van der Waals surface area contributed by atoms with E-state index in [1.54, 1.807) is 6.92 Å². The molecule has 3 rings (SSSR count). The fourth-order valence-corrected chi connectivity index (χ4v) is 4.50. The molecule has 1 fully saturated rings. The summed E-state index contributed by atoms with van der Waals surface area (Å²) in [7, 11) is 0. The summed E-state index contributed by atoms with van der Waals surface area (Å²) in [5, 5.41) is 22.4. The molecule has 0 radical (unpaired) electrons. The number of nitrogens with zero attached hydrogens (tertiary/aromatic N) is 4. The van der Waals surface area contributed by atoms with E-state index in [2.05, 4.69) is 20.4 Å². The van der Waals surface area contributed by atoms with E-state index < -0.39 is 10.2 Å². The first-order valence-corrected chi connectivity index (χ1v) is 10.1. The average Bonchev–Trinajstić information content (AvgIpc) is 3.12. The van der Waals surface area contributed by atoms with Gasteiger partial charge in [0.2, 0.25) is 11.0 Å². The van der Waals surface area contributed by atoms with Crippen molar-refractivity contribution in [3.8, 4) is 0 Å². The molecule has 0 bridgehead atoms. The third kappa shape index (κ3) is 5.06. The van der Waals surface area contributed by atoms with Gasteiger partial charge in [0.15, 0.2) is 4.34 Å². The highest BCUT2D eigenvalue weighted by Gasteiger charge is 2.21. The van der Waals surface area contributed by atoms with Gasteiger partial charge >= 0.3 is 0 Å². The largest absolute Gasteiger partial charge is 0.378 e. The van der Waals surface area contributed by atoms with Crippen LogP contribution in [0.5, 0.6) is 0 Å². The van der Waals surface area contributed by atoms with Crippen molar-refractivity contribution in [2.45, 2.75) is 16.5 Å². The number of hydrogen-bond acceptors (Lipinski definition) is 9. The van der Waals surface area contributed by atoms with Crippen LogP contribution in [-0.2, 0) is 9.53 Å². The second kappa shape index (κ2) is 8.83. The van der Waals surface area contributed by atoms with Gasteiger partial charge in [-0.2, -0.15) is 0 Å². The van der Waals surface area contributed by atoms with E-state index in [1.807, 2.05) is 0 Å². The van der Waals surface area contributed by atoms with Crippen LogP contribution < -0.4 is 10.2 Å². The molecule has 0 aliphatic carbocycles. The lowest BCUT2D eigenvalue weighted by Crippen LogP contribution is -2.36. The number of ether oxygens (including phenoxy) is 1. The molecule has 1 atom stereocenters. The van der Waals surface area contributed by atoms with Crippen LogP contribution in [-0.4, -0.2) is 52.6 Å². The standard InChI is InChI=1S/C15H16ClN5O4S2/c1-9(13(22)17-12-8-10(21(23)24)2-3-11(12)16)26-15-19-18-14(27-15)20-4-6-25-7-5-20/h2-3,8-9H,4-7H2,1H3,(H,17,22). The third-order valence-electron chi connectivity index (χ3n) is 3.74. The molecule has 2 aromatic rings. The Balaban J connectivity index is 1.62. The zero-order chi connectivity index (χ0) is 19.4. The molecule has 1 aliphatic rings. The zero-order valence-corrected chi connectivity index (χ0v) is 16.6. The predicted octanol–water partition coefficient (Wildman–Crippen LogP) is 3.06. The second-order valence-electron chi connectivity index (χ2n) is 5.62. The van der Waals surface area contributed by atoms with Gasteiger partial charge < -0.3 is 15.0 Å². The summed E-state index contributed by atoms with van der Waals surface area (Å²) < 4.78 is 5.99. The molecule has 1 aromatic carbocycles. The number of anilines is 2. The molecular weight excluding hydrogens is 414 g/mol. The highest BCUT2D eigenvalue weighted by molar-refractivity contribution is 8.02. The number of carbonyl (C=O) groups excluding carboxylic acids is 1. The fourth-order valence-electron chi connectivity index (χ4n) is 2.29. The molecule has 1 N–H and O–H groups in total. The van der Waals surface area contributed by atoms with Crippen molar-refractivity contribution in [1.82, 2.24) is 10.2 Å². The number of amides is 1. The van der Waals surface area contributed by atoms with Crippen molar-refractivity contribution in [2.24, 2.45) is 0 Å². The molecule has 1 aromatic heterocycles. The van der Waals surface area contributed by atoms with E-state index in [4.69, 9.17) is 16.3 Å². The normalized spacial score (nSPS) is 15.4. The number of rotatable bonds is 6. The maximum absolute atomic E-state index is 12.4. The number of carbonyl (C=O) groups is 1. The van der Waals surface area contributed by atoms with E-state index in [-0.39, 0.29) is 22.3 Å². The molecular formula is C15H16ClN5O4S2. The first-order chi connectivity index (χ1) is 12.9. The molecule has 144 valence electrons. The summed E-state index contributed by atoms with van der Waals surface area (Å²) in [5.74, 6) is -0.328. The Morgan fingerprint density at radius 2 is 2.19 bits per heavy atom. The van der Waals surface area contributed by atoms with Gasteiger partial charge in [-0.15, -0.1) is 10.2 Å². The van der Waals surface area contributed by atoms with Gasteiger partial charge in [0.05, 0.1) is 34.1 Å². The molecule has 1 aliphatic heterocycles. The minimum Gasteiger partial charge on any atom is -0.378 e. The Morgan fingerprint density at radius 3 is 2.89 bits per heavy atom. The molecule has 2 heterocycles. The van der Waals surface area contributed by atoms with Gasteiger partial charge in [0, 0.05) is 25.2 Å². The number of non-ortho nitro benzene ring substituents is 1. The van der Waals surface area contributed by atoms with Gasteiger partial charge in [-0.25, -0.2) is 0 Å². The van der Waals surface area contributed by atoms with E-state index >= 15 is 0 Å². The number of benzene rings is 1. The van der Waals surface area contributed by atoms with E-state index in [9.17, 15) is 14.9 Å². The summed E-state index contributed by atoms with van der Waals surface area (Å²) in [5.41, 5.74) is 0.0591. The molecule has 1 amide bonds. The predicted molar refractivity (Wildman–Crippen MR) is 105 cm³/mol. The monoisotopic (exact) mass is 429 g/mol. The SMILES string of the molecule is CC(Sc1nnc(N2CCOCC2)s1)C(=O)Nc1cc([N+](=O)[O-])ccc1Cl. The maximum Gasteiger partial charge on any atom is 0.271 e. The number of aromatic nitrogens is 2. The van der Waals surface area contributed by atoms with Crippen LogP contribution in [0, 0.1) is 10.1 Å². The topological polar surface area (TPSA) is 110 Å².